The second-order valence-corrected chi connectivity index (χ2v) is 2.89. The van der Waals surface area contributed by atoms with E-state index in [1.54, 1.807) is 12.3 Å². The first kappa shape index (κ1) is 9.42. The average molecular weight is 189 g/mol. The molecule has 0 amide bonds. The molecular formula is C8H10ClFN2. The van der Waals surface area contributed by atoms with Gasteiger partial charge in [-0.15, -0.1) is 0 Å². The lowest BCUT2D eigenvalue weighted by Gasteiger charge is -2.10. The standard InChI is InChI=1S/C8H10ClFN2/c9-7-5-12-4-2-6(7)8(11)1-3-10/h2,4-5,8H,1,3,11H2/t8-/m0/s1. The van der Waals surface area contributed by atoms with Gasteiger partial charge in [0.05, 0.1) is 11.7 Å². The molecule has 0 saturated carbocycles. The molecule has 2 N–H and O–H groups in total. The molecule has 4 heteroatoms. The first-order valence-electron chi connectivity index (χ1n) is 3.66. The number of nitrogens with zero attached hydrogens (tertiary/aromatic N) is 1. The fourth-order valence-corrected chi connectivity index (χ4v) is 1.22. The lowest BCUT2D eigenvalue weighted by Crippen LogP contribution is -2.11. The van der Waals surface area contributed by atoms with Gasteiger partial charge in [0.2, 0.25) is 0 Å². The molecule has 2 nitrogen and oxygen atoms in total. The third-order valence-corrected chi connectivity index (χ3v) is 1.94. The monoisotopic (exact) mass is 188 g/mol. The minimum Gasteiger partial charge on any atom is -0.324 e. The predicted molar refractivity (Wildman–Crippen MR) is 46.8 cm³/mol. The normalized spacial score (nSPS) is 12.9. The summed E-state index contributed by atoms with van der Waals surface area (Å²) in [6.07, 6.45) is 3.40. The number of pyridine rings is 1. The van der Waals surface area contributed by atoms with Gasteiger partial charge in [-0.3, -0.25) is 9.37 Å². The topological polar surface area (TPSA) is 38.9 Å². The van der Waals surface area contributed by atoms with Gasteiger partial charge < -0.3 is 5.73 Å². The van der Waals surface area contributed by atoms with Crippen LogP contribution in [0.1, 0.15) is 18.0 Å². The summed E-state index contributed by atoms with van der Waals surface area (Å²) < 4.78 is 11.9. The van der Waals surface area contributed by atoms with E-state index in [-0.39, 0.29) is 6.04 Å². The smallest absolute Gasteiger partial charge is 0.0912 e. The quantitative estimate of drug-likeness (QED) is 0.789. The van der Waals surface area contributed by atoms with E-state index in [0.29, 0.717) is 11.4 Å². The Balaban J connectivity index is 2.79. The summed E-state index contributed by atoms with van der Waals surface area (Å²) in [5, 5.41) is 0.499. The average Bonchev–Trinajstić information content (AvgIpc) is 2.05. The van der Waals surface area contributed by atoms with E-state index in [9.17, 15) is 4.39 Å². The number of hydrogen-bond acceptors (Lipinski definition) is 2. The van der Waals surface area contributed by atoms with Crippen LogP contribution in [-0.2, 0) is 0 Å². The van der Waals surface area contributed by atoms with Crippen molar-refractivity contribution < 1.29 is 4.39 Å². The van der Waals surface area contributed by atoms with Gasteiger partial charge in [0.25, 0.3) is 0 Å². The molecule has 1 aromatic rings. The Hall–Kier alpha value is -0.670. The molecule has 0 aliphatic carbocycles. The molecule has 0 bridgehead atoms. The molecule has 0 fully saturated rings. The highest BCUT2D eigenvalue weighted by Gasteiger charge is 2.08. The fraction of sp³-hybridized carbons (Fsp3) is 0.375. The van der Waals surface area contributed by atoms with Crippen molar-refractivity contribution in [2.24, 2.45) is 5.73 Å². The van der Waals surface area contributed by atoms with Gasteiger partial charge in [-0.1, -0.05) is 11.6 Å². The Morgan fingerprint density at radius 2 is 2.42 bits per heavy atom. The zero-order valence-corrected chi connectivity index (χ0v) is 7.26. The van der Waals surface area contributed by atoms with E-state index >= 15 is 0 Å². The molecule has 0 aliphatic heterocycles. The van der Waals surface area contributed by atoms with Crippen LogP contribution in [0.5, 0.6) is 0 Å². The largest absolute Gasteiger partial charge is 0.324 e. The minimum absolute atomic E-state index is 0.295. The molecule has 0 saturated heterocycles. The SMILES string of the molecule is N[C@@H](CCF)c1ccncc1Cl. The zero-order valence-electron chi connectivity index (χ0n) is 6.50. The lowest BCUT2D eigenvalue weighted by atomic mass is 10.1. The number of nitrogens with two attached hydrogens (primary N) is 1. The van der Waals surface area contributed by atoms with Gasteiger partial charge in [0.1, 0.15) is 0 Å². The molecular weight excluding hydrogens is 179 g/mol. The number of hydrogen-bond donors (Lipinski definition) is 1. The number of aromatic nitrogens is 1. The number of alkyl halides is 1. The highest BCUT2D eigenvalue weighted by molar-refractivity contribution is 6.31. The van der Waals surface area contributed by atoms with Crippen LogP contribution in [0.4, 0.5) is 4.39 Å². The lowest BCUT2D eigenvalue weighted by molar-refractivity contribution is 0.442. The van der Waals surface area contributed by atoms with Gasteiger partial charge >= 0.3 is 0 Å². The third-order valence-electron chi connectivity index (χ3n) is 1.62. The van der Waals surface area contributed by atoms with Crippen LogP contribution in [0.2, 0.25) is 5.02 Å². The van der Waals surface area contributed by atoms with Crippen LogP contribution in [0.3, 0.4) is 0 Å². The number of rotatable bonds is 3. The maximum absolute atomic E-state index is 11.9. The van der Waals surface area contributed by atoms with Crippen molar-refractivity contribution in [3.63, 3.8) is 0 Å². The Labute approximate surface area is 75.6 Å². The summed E-state index contributed by atoms with van der Waals surface area (Å²) in [6, 6.07) is 1.38. The summed E-state index contributed by atoms with van der Waals surface area (Å²) >= 11 is 5.79. The summed E-state index contributed by atoms with van der Waals surface area (Å²) in [5.41, 5.74) is 6.41. The molecule has 0 radical (unpaired) electrons. The molecule has 1 atom stereocenters. The van der Waals surface area contributed by atoms with Crippen molar-refractivity contribution in [2.45, 2.75) is 12.5 Å². The Morgan fingerprint density at radius 3 is 3.00 bits per heavy atom. The Kier molecular flexibility index (Phi) is 3.44. The molecule has 0 unspecified atom stereocenters. The summed E-state index contributed by atoms with van der Waals surface area (Å²) in [6.45, 7) is -0.431. The Bertz CT molecular complexity index is 255. The van der Waals surface area contributed by atoms with Crippen LogP contribution in [-0.4, -0.2) is 11.7 Å². The van der Waals surface area contributed by atoms with Crippen LogP contribution in [0.15, 0.2) is 18.5 Å². The van der Waals surface area contributed by atoms with Crippen molar-refractivity contribution >= 4 is 11.6 Å². The highest BCUT2D eigenvalue weighted by Crippen LogP contribution is 2.21. The fourth-order valence-electron chi connectivity index (χ4n) is 0.960. The van der Waals surface area contributed by atoms with E-state index in [1.165, 1.54) is 6.20 Å². The van der Waals surface area contributed by atoms with Crippen molar-refractivity contribution in [1.29, 1.82) is 0 Å². The first-order chi connectivity index (χ1) is 5.75. The molecule has 1 heterocycles. The van der Waals surface area contributed by atoms with Crippen LogP contribution in [0, 0.1) is 0 Å². The van der Waals surface area contributed by atoms with Gasteiger partial charge in [-0.25, -0.2) is 0 Å². The zero-order chi connectivity index (χ0) is 8.97. The van der Waals surface area contributed by atoms with Crippen molar-refractivity contribution in [1.82, 2.24) is 4.98 Å². The number of halogens is 2. The predicted octanol–water partition coefficient (Wildman–Crippen LogP) is 2.09. The van der Waals surface area contributed by atoms with E-state index in [4.69, 9.17) is 17.3 Å². The molecule has 12 heavy (non-hydrogen) atoms. The molecule has 0 aromatic carbocycles. The molecule has 0 spiro atoms. The highest BCUT2D eigenvalue weighted by atomic mass is 35.5. The van der Waals surface area contributed by atoms with E-state index in [0.717, 1.165) is 5.56 Å². The van der Waals surface area contributed by atoms with Crippen molar-refractivity contribution in [3.8, 4) is 0 Å². The van der Waals surface area contributed by atoms with Crippen molar-refractivity contribution in [3.05, 3.63) is 29.0 Å². The van der Waals surface area contributed by atoms with E-state index < -0.39 is 6.67 Å². The Morgan fingerprint density at radius 1 is 1.67 bits per heavy atom. The maximum atomic E-state index is 11.9. The minimum atomic E-state index is -0.431. The second kappa shape index (κ2) is 4.38. The molecule has 0 aliphatic rings. The summed E-state index contributed by atoms with van der Waals surface area (Å²) in [4.78, 5) is 3.81. The van der Waals surface area contributed by atoms with Crippen LogP contribution < -0.4 is 5.73 Å². The van der Waals surface area contributed by atoms with Gasteiger partial charge in [0.15, 0.2) is 0 Å². The van der Waals surface area contributed by atoms with E-state index in [2.05, 4.69) is 4.98 Å². The van der Waals surface area contributed by atoms with Crippen LogP contribution >= 0.6 is 11.6 Å². The first-order valence-corrected chi connectivity index (χ1v) is 4.04. The van der Waals surface area contributed by atoms with Gasteiger partial charge in [-0.2, -0.15) is 0 Å². The van der Waals surface area contributed by atoms with E-state index in [1.807, 2.05) is 0 Å². The summed E-state index contributed by atoms with van der Waals surface area (Å²) in [5.74, 6) is 0. The molecule has 66 valence electrons. The van der Waals surface area contributed by atoms with Gasteiger partial charge in [0, 0.05) is 18.4 Å². The maximum Gasteiger partial charge on any atom is 0.0912 e. The van der Waals surface area contributed by atoms with Crippen LogP contribution in [0.25, 0.3) is 0 Å². The second-order valence-electron chi connectivity index (χ2n) is 2.48. The molecule has 1 rings (SSSR count). The molecule has 1 aromatic heterocycles. The summed E-state index contributed by atoms with van der Waals surface area (Å²) in [7, 11) is 0. The van der Waals surface area contributed by atoms with Crippen molar-refractivity contribution in [2.75, 3.05) is 6.67 Å². The van der Waals surface area contributed by atoms with Gasteiger partial charge in [-0.05, 0) is 18.1 Å². The third kappa shape index (κ3) is 2.16.